The maximum Gasteiger partial charge on any atom is 0.195 e. The Morgan fingerprint density at radius 2 is 1.85 bits per heavy atom. The standard InChI is InChI=1S/C8H5BrClF3/c1-3(9)4-2-5(11)7(12)8(13)6(4)10/h2-3H,1H3. The van der Waals surface area contributed by atoms with Crippen molar-refractivity contribution in [1.82, 2.24) is 0 Å². The molecule has 0 spiro atoms. The first-order valence-electron chi connectivity index (χ1n) is 3.42. The fourth-order valence-electron chi connectivity index (χ4n) is 0.881. The zero-order chi connectivity index (χ0) is 10.2. The predicted octanol–water partition coefficient (Wildman–Crippen LogP) is 4.21. The molecule has 0 amide bonds. The lowest BCUT2D eigenvalue weighted by molar-refractivity contribution is 0.445. The van der Waals surface area contributed by atoms with Crippen molar-refractivity contribution in [2.75, 3.05) is 0 Å². The molecule has 0 saturated heterocycles. The molecule has 0 saturated carbocycles. The predicted molar refractivity (Wildman–Crippen MR) is 48.7 cm³/mol. The molecule has 0 aliphatic heterocycles. The Kier molecular flexibility index (Phi) is 3.24. The van der Waals surface area contributed by atoms with Gasteiger partial charge in [0.1, 0.15) is 0 Å². The molecule has 5 heteroatoms. The van der Waals surface area contributed by atoms with Gasteiger partial charge in [-0.2, -0.15) is 0 Å². The highest BCUT2D eigenvalue weighted by molar-refractivity contribution is 9.09. The highest BCUT2D eigenvalue weighted by Gasteiger charge is 2.19. The topological polar surface area (TPSA) is 0 Å². The Balaban J connectivity index is 3.41. The Hall–Kier alpha value is -0.220. The van der Waals surface area contributed by atoms with Crippen LogP contribution in [0.25, 0.3) is 0 Å². The summed E-state index contributed by atoms with van der Waals surface area (Å²) in [7, 11) is 0. The zero-order valence-electron chi connectivity index (χ0n) is 6.54. The fourth-order valence-corrected chi connectivity index (χ4v) is 1.67. The van der Waals surface area contributed by atoms with E-state index in [1.165, 1.54) is 0 Å². The van der Waals surface area contributed by atoms with Crippen LogP contribution in [0, 0.1) is 17.5 Å². The second-order valence-electron chi connectivity index (χ2n) is 2.51. The van der Waals surface area contributed by atoms with Crippen LogP contribution in [0.15, 0.2) is 6.07 Å². The van der Waals surface area contributed by atoms with E-state index in [-0.39, 0.29) is 15.4 Å². The zero-order valence-corrected chi connectivity index (χ0v) is 8.89. The normalized spacial score (nSPS) is 13.1. The van der Waals surface area contributed by atoms with Crippen molar-refractivity contribution in [1.29, 1.82) is 0 Å². The third-order valence-corrected chi connectivity index (χ3v) is 2.44. The van der Waals surface area contributed by atoms with E-state index in [4.69, 9.17) is 11.6 Å². The molecule has 0 N–H and O–H groups in total. The van der Waals surface area contributed by atoms with E-state index >= 15 is 0 Å². The van der Waals surface area contributed by atoms with Crippen molar-refractivity contribution in [2.45, 2.75) is 11.8 Å². The number of alkyl halides is 1. The highest BCUT2D eigenvalue weighted by atomic mass is 79.9. The van der Waals surface area contributed by atoms with Gasteiger partial charge in [0.15, 0.2) is 17.5 Å². The lowest BCUT2D eigenvalue weighted by atomic mass is 10.1. The van der Waals surface area contributed by atoms with Crippen LogP contribution in [0.4, 0.5) is 13.2 Å². The van der Waals surface area contributed by atoms with Crippen LogP contribution in [-0.4, -0.2) is 0 Å². The van der Waals surface area contributed by atoms with Gasteiger partial charge in [0, 0.05) is 4.83 Å². The monoisotopic (exact) mass is 272 g/mol. The van der Waals surface area contributed by atoms with Gasteiger partial charge in [-0.25, -0.2) is 13.2 Å². The Morgan fingerprint density at radius 3 is 2.31 bits per heavy atom. The summed E-state index contributed by atoms with van der Waals surface area (Å²) in [6.07, 6.45) is 0. The number of rotatable bonds is 1. The molecule has 1 atom stereocenters. The Labute approximate surface area is 86.8 Å². The number of hydrogen-bond acceptors (Lipinski definition) is 0. The van der Waals surface area contributed by atoms with Crippen LogP contribution in [-0.2, 0) is 0 Å². The molecule has 1 aromatic rings. The molecule has 1 unspecified atom stereocenters. The first-order chi connectivity index (χ1) is 5.95. The van der Waals surface area contributed by atoms with Gasteiger partial charge in [0.05, 0.1) is 5.02 Å². The molecule has 0 radical (unpaired) electrons. The second-order valence-corrected chi connectivity index (χ2v) is 4.26. The maximum atomic E-state index is 12.8. The van der Waals surface area contributed by atoms with Crippen LogP contribution < -0.4 is 0 Å². The molecule has 0 fully saturated rings. The average molecular weight is 273 g/mol. The molecule has 0 bridgehead atoms. The lowest BCUT2D eigenvalue weighted by Gasteiger charge is -2.08. The maximum absolute atomic E-state index is 12.8. The van der Waals surface area contributed by atoms with E-state index in [1.807, 2.05) is 0 Å². The van der Waals surface area contributed by atoms with Gasteiger partial charge in [-0.3, -0.25) is 0 Å². The molecule has 0 aromatic heterocycles. The van der Waals surface area contributed by atoms with Gasteiger partial charge in [0.25, 0.3) is 0 Å². The SMILES string of the molecule is CC(Br)c1cc(F)c(F)c(F)c1Cl. The molecule has 13 heavy (non-hydrogen) atoms. The van der Waals surface area contributed by atoms with E-state index in [9.17, 15) is 13.2 Å². The third kappa shape index (κ3) is 1.99. The number of halogens is 5. The quantitative estimate of drug-likeness (QED) is 0.408. The first kappa shape index (κ1) is 10.9. The summed E-state index contributed by atoms with van der Waals surface area (Å²) in [6.45, 7) is 1.64. The molecule has 72 valence electrons. The van der Waals surface area contributed by atoms with Crippen LogP contribution in [0.1, 0.15) is 17.3 Å². The van der Waals surface area contributed by atoms with Crippen molar-refractivity contribution in [3.05, 3.63) is 34.1 Å². The third-order valence-electron chi connectivity index (χ3n) is 1.56. The minimum atomic E-state index is -1.54. The summed E-state index contributed by atoms with van der Waals surface area (Å²) in [4.78, 5) is -0.329. The summed E-state index contributed by atoms with van der Waals surface area (Å²) in [5.74, 6) is -4.12. The van der Waals surface area contributed by atoms with Gasteiger partial charge < -0.3 is 0 Å². The van der Waals surface area contributed by atoms with Gasteiger partial charge in [0.2, 0.25) is 0 Å². The second kappa shape index (κ2) is 3.88. The first-order valence-corrected chi connectivity index (χ1v) is 4.71. The van der Waals surface area contributed by atoms with Gasteiger partial charge in [-0.05, 0) is 18.6 Å². The summed E-state index contributed by atoms with van der Waals surface area (Å²) < 4.78 is 38.1. The number of hydrogen-bond donors (Lipinski definition) is 0. The van der Waals surface area contributed by atoms with Crippen molar-refractivity contribution in [3.8, 4) is 0 Å². The van der Waals surface area contributed by atoms with Gasteiger partial charge in [-0.15, -0.1) is 0 Å². The van der Waals surface area contributed by atoms with Crippen molar-refractivity contribution in [3.63, 3.8) is 0 Å². The molecule has 0 aliphatic rings. The Morgan fingerprint density at radius 1 is 1.31 bits per heavy atom. The number of benzene rings is 1. The molecular formula is C8H5BrClF3. The van der Waals surface area contributed by atoms with E-state index in [0.29, 0.717) is 0 Å². The van der Waals surface area contributed by atoms with Crippen LogP contribution in [0.2, 0.25) is 5.02 Å². The minimum Gasteiger partial charge on any atom is -0.204 e. The molecule has 1 aromatic carbocycles. The molecular weight excluding hydrogens is 268 g/mol. The molecule has 1 rings (SSSR count). The summed E-state index contributed by atoms with van der Waals surface area (Å²) in [5.41, 5.74) is 0.193. The van der Waals surface area contributed by atoms with Crippen molar-refractivity contribution < 1.29 is 13.2 Å². The summed E-state index contributed by atoms with van der Waals surface area (Å²) in [5, 5.41) is -0.386. The Bertz CT molecular complexity index is 339. The molecule has 0 aliphatic carbocycles. The van der Waals surface area contributed by atoms with Crippen LogP contribution in [0.5, 0.6) is 0 Å². The fraction of sp³-hybridized carbons (Fsp3) is 0.250. The lowest BCUT2D eigenvalue weighted by Crippen LogP contribution is -1.97. The largest absolute Gasteiger partial charge is 0.204 e. The van der Waals surface area contributed by atoms with Gasteiger partial charge >= 0.3 is 0 Å². The van der Waals surface area contributed by atoms with E-state index in [1.54, 1.807) is 6.92 Å². The highest BCUT2D eigenvalue weighted by Crippen LogP contribution is 2.32. The molecule has 0 nitrogen and oxygen atoms in total. The minimum absolute atomic E-state index is 0.193. The smallest absolute Gasteiger partial charge is 0.195 e. The van der Waals surface area contributed by atoms with Gasteiger partial charge in [-0.1, -0.05) is 27.5 Å². The van der Waals surface area contributed by atoms with Crippen molar-refractivity contribution >= 4 is 27.5 Å². The summed E-state index contributed by atoms with van der Waals surface area (Å²) in [6, 6.07) is 0.875. The van der Waals surface area contributed by atoms with E-state index in [2.05, 4.69) is 15.9 Å². The van der Waals surface area contributed by atoms with Crippen LogP contribution >= 0.6 is 27.5 Å². The van der Waals surface area contributed by atoms with Crippen molar-refractivity contribution in [2.24, 2.45) is 0 Å². The average Bonchev–Trinajstić information content (AvgIpc) is 2.07. The van der Waals surface area contributed by atoms with E-state index < -0.39 is 17.5 Å². The van der Waals surface area contributed by atoms with E-state index in [0.717, 1.165) is 6.07 Å². The van der Waals surface area contributed by atoms with Crippen LogP contribution in [0.3, 0.4) is 0 Å². The summed E-state index contributed by atoms with van der Waals surface area (Å²) >= 11 is 8.54. The molecule has 0 heterocycles.